The zero-order valence-electron chi connectivity index (χ0n) is 16.5. The Hall–Kier alpha value is -2.60. The fourth-order valence-electron chi connectivity index (χ4n) is 4.09. The molecule has 0 radical (unpaired) electrons. The topological polar surface area (TPSA) is 59.8 Å². The van der Waals surface area contributed by atoms with Crippen LogP contribution >= 0.6 is 11.8 Å². The van der Waals surface area contributed by atoms with Crippen LogP contribution in [0.5, 0.6) is 0 Å². The van der Waals surface area contributed by atoms with Gasteiger partial charge in [0.15, 0.2) is 5.16 Å². The lowest BCUT2D eigenvalue weighted by Crippen LogP contribution is -2.09. The largest absolute Gasteiger partial charge is 0.326 e. The minimum atomic E-state index is -0.0678. The lowest BCUT2D eigenvalue weighted by atomic mass is 9.91. The predicted octanol–water partition coefficient (Wildman–Crippen LogP) is 5.27. The molecule has 6 heteroatoms. The highest BCUT2D eigenvalue weighted by Crippen LogP contribution is 2.46. The molecule has 1 heterocycles. The Morgan fingerprint density at radius 3 is 2.79 bits per heavy atom. The fraction of sp³-hybridized carbons (Fsp3) is 0.348. The molecule has 5 rings (SSSR count). The lowest BCUT2D eigenvalue weighted by Gasteiger charge is -2.24. The van der Waals surface area contributed by atoms with E-state index < -0.39 is 0 Å². The van der Waals surface area contributed by atoms with Gasteiger partial charge >= 0.3 is 0 Å². The average Bonchev–Trinajstić information content (AvgIpc) is 3.48. The summed E-state index contributed by atoms with van der Waals surface area (Å²) in [5.41, 5.74) is 4.69. The lowest BCUT2D eigenvalue weighted by molar-refractivity contribution is -0.114. The summed E-state index contributed by atoms with van der Waals surface area (Å²) in [5, 5.41) is 13.4. The summed E-state index contributed by atoms with van der Waals surface area (Å²) in [7, 11) is 0. The van der Waals surface area contributed by atoms with Gasteiger partial charge in [-0.15, -0.1) is 10.2 Å². The second-order valence-electron chi connectivity index (χ2n) is 7.88. The molecule has 0 bridgehead atoms. The molecule has 0 aliphatic heterocycles. The predicted molar refractivity (Wildman–Crippen MR) is 116 cm³/mol. The first-order valence-electron chi connectivity index (χ1n) is 10.3. The van der Waals surface area contributed by atoms with Gasteiger partial charge in [-0.1, -0.05) is 42.1 Å². The Balaban J connectivity index is 1.52. The second kappa shape index (κ2) is 7.67. The Morgan fingerprint density at radius 2 is 1.97 bits per heavy atom. The van der Waals surface area contributed by atoms with Gasteiger partial charge in [-0.05, 0) is 61.4 Å². The van der Waals surface area contributed by atoms with Crippen LogP contribution in [0.4, 0.5) is 5.69 Å². The van der Waals surface area contributed by atoms with E-state index in [2.05, 4.69) is 50.4 Å². The van der Waals surface area contributed by atoms with E-state index in [0.29, 0.717) is 11.2 Å². The first-order valence-corrected chi connectivity index (χ1v) is 11.1. The van der Waals surface area contributed by atoms with Gasteiger partial charge in [0.05, 0.1) is 5.69 Å². The maximum absolute atomic E-state index is 11.5. The molecule has 1 fully saturated rings. The van der Waals surface area contributed by atoms with E-state index in [0.717, 1.165) is 35.2 Å². The summed E-state index contributed by atoms with van der Waals surface area (Å²) in [6.45, 7) is 1.53. The average molecular weight is 405 g/mol. The highest BCUT2D eigenvalue weighted by molar-refractivity contribution is 7.99. The highest BCUT2D eigenvalue weighted by Gasteiger charge is 2.32. The molecule has 0 spiro atoms. The van der Waals surface area contributed by atoms with Gasteiger partial charge in [0, 0.05) is 23.8 Å². The molecule has 3 aromatic rings. The molecular formula is C23H24N4OS. The highest BCUT2D eigenvalue weighted by atomic mass is 32.2. The van der Waals surface area contributed by atoms with Gasteiger partial charge in [-0.2, -0.15) is 0 Å². The third kappa shape index (κ3) is 3.81. The monoisotopic (exact) mass is 404 g/mol. The van der Waals surface area contributed by atoms with Crippen LogP contribution in [0.1, 0.15) is 60.7 Å². The van der Waals surface area contributed by atoms with Gasteiger partial charge in [0.1, 0.15) is 5.82 Å². The summed E-state index contributed by atoms with van der Waals surface area (Å²) in [4.78, 5) is 11.5. The zero-order valence-corrected chi connectivity index (χ0v) is 17.3. The van der Waals surface area contributed by atoms with Crippen molar-refractivity contribution in [3.8, 4) is 5.69 Å². The van der Waals surface area contributed by atoms with Crippen LogP contribution in [0.2, 0.25) is 0 Å². The molecule has 1 aromatic heterocycles. The maximum atomic E-state index is 11.5. The van der Waals surface area contributed by atoms with Crippen molar-refractivity contribution in [2.75, 3.05) is 5.32 Å². The molecule has 1 N–H and O–H groups in total. The van der Waals surface area contributed by atoms with Crippen molar-refractivity contribution in [2.45, 2.75) is 55.4 Å². The Labute approximate surface area is 174 Å². The van der Waals surface area contributed by atoms with Crippen molar-refractivity contribution in [1.29, 1.82) is 0 Å². The van der Waals surface area contributed by atoms with Gasteiger partial charge in [0.2, 0.25) is 5.91 Å². The fourth-order valence-corrected chi connectivity index (χ4v) is 5.38. The third-order valence-electron chi connectivity index (χ3n) is 5.59. The van der Waals surface area contributed by atoms with Crippen LogP contribution in [0.25, 0.3) is 5.69 Å². The molecule has 0 saturated heterocycles. The van der Waals surface area contributed by atoms with Crippen LogP contribution in [0.15, 0.2) is 53.7 Å². The molecule has 5 nitrogen and oxygen atoms in total. The molecular weight excluding hydrogens is 380 g/mol. The van der Waals surface area contributed by atoms with Gasteiger partial charge in [-0.25, -0.2) is 0 Å². The number of rotatable bonds is 5. The van der Waals surface area contributed by atoms with Gasteiger partial charge < -0.3 is 5.32 Å². The smallest absolute Gasteiger partial charge is 0.221 e. The van der Waals surface area contributed by atoms with Crippen molar-refractivity contribution < 1.29 is 4.79 Å². The molecule has 2 aliphatic rings. The van der Waals surface area contributed by atoms with Crippen LogP contribution in [-0.2, 0) is 11.2 Å². The minimum Gasteiger partial charge on any atom is -0.326 e. The number of nitrogens with zero attached hydrogens (tertiary/aromatic N) is 3. The van der Waals surface area contributed by atoms with Crippen LogP contribution in [0.3, 0.4) is 0 Å². The Kier molecular flexibility index (Phi) is 4.87. The molecule has 1 saturated carbocycles. The van der Waals surface area contributed by atoms with E-state index in [4.69, 9.17) is 0 Å². The van der Waals surface area contributed by atoms with Crippen molar-refractivity contribution >= 4 is 23.4 Å². The Morgan fingerprint density at radius 1 is 1.10 bits per heavy atom. The summed E-state index contributed by atoms with van der Waals surface area (Å²) >= 11 is 1.82. The summed E-state index contributed by atoms with van der Waals surface area (Å²) in [6.07, 6.45) is 5.85. The van der Waals surface area contributed by atoms with Crippen molar-refractivity contribution in [2.24, 2.45) is 0 Å². The van der Waals surface area contributed by atoms with Crippen LogP contribution in [-0.4, -0.2) is 20.7 Å². The minimum absolute atomic E-state index is 0.0678. The number of thioether (sulfide) groups is 1. The number of carbonyl (C=O) groups is 1. The number of anilines is 1. The number of aromatic nitrogens is 3. The maximum Gasteiger partial charge on any atom is 0.221 e. The molecule has 0 unspecified atom stereocenters. The SMILES string of the molecule is CC(=O)Nc1cccc(-n2c(S[C@@H]3CCCc4ccccc43)nnc2C2CC2)c1. The number of aryl methyl sites for hydroxylation is 1. The quantitative estimate of drug-likeness (QED) is 0.629. The van der Waals surface area contributed by atoms with Crippen LogP contribution in [0, 0.1) is 0 Å². The van der Waals surface area contributed by atoms with Gasteiger partial charge in [0.25, 0.3) is 0 Å². The van der Waals surface area contributed by atoms with E-state index in [1.807, 2.05) is 30.0 Å². The number of fused-ring (bicyclic) bond motifs is 1. The number of benzene rings is 2. The standard InChI is InChI=1S/C23H24N4OS/c1-15(28)24-18-8-5-9-19(14-18)27-22(17-12-13-17)25-26-23(27)29-21-11-4-7-16-6-2-3-10-20(16)21/h2-3,5-6,8-10,14,17,21H,4,7,11-13H2,1H3,(H,24,28)/t21-/m1/s1. The van der Waals surface area contributed by atoms with E-state index >= 15 is 0 Å². The Bertz CT molecular complexity index is 1060. The number of amides is 1. The molecule has 2 aromatic carbocycles. The van der Waals surface area contributed by atoms with E-state index in [9.17, 15) is 4.79 Å². The van der Waals surface area contributed by atoms with E-state index in [1.54, 1.807) is 0 Å². The zero-order chi connectivity index (χ0) is 19.8. The summed E-state index contributed by atoms with van der Waals surface area (Å²) in [6, 6.07) is 16.7. The normalized spacial score (nSPS) is 18.3. The van der Waals surface area contributed by atoms with Gasteiger partial charge in [-0.3, -0.25) is 9.36 Å². The van der Waals surface area contributed by atoms with Crippen molar-refractivity contribution in [3.63, 3.8) is 0 Å². The third-order valence-corrected chi connectivity index (χ3v) is 6.84. The number of nitrogens with one attached hydrogen (secondary N) is 1. The first kappa shape index (κ1) is 18.4. The second-order valence-corrected chi connectivity index (χ2v) is 9.05. The summed E-state index contributed by atoms with van der Waals surface area (Å²) < 4.78 is 2.20. The van der Waals surface area contributed by atoms with Crippen LogP contribution < -0.4 is 5.32 Å². The molecule has 1 atom stereocenters. The molecule has 2 aliphatic carbocycles. The molecule has 148 valence electrons. The molecule has 29 heavy (non-hydrogen) atoms. The van der Waals surface area contributed by atoms with Crippen molar-refractivity contribution in [1.82, 2.24) is 14.8 Å². The molecule has 1 amide bonds. The number of carbonyl (C=O) groups excluding carboxylic acids is 1. The number of hydrogen-bond donors (Lipinski definition) is 1. The van der Waals surface area contributed by atoms with Crippen molar-refractivity contribution in [3.05, 3.63) is 65.5 Å². The first-order chi connectivity index (χ1) is 14.2. The summed E-state index contributed by atoms with van der Waals surface area (Å²) in [5.74, 6) is 1.46. The van der Waals surface area contributed by atoms with E-state index in [-0.39, 0.29) is 5.91 Å². The van der Waals surface area contributed by atoms with E-state index in [1.165, 1.54) is 37.3 Å². The number of hydrogen-bond acceptors (Lipinski definition) is 4.